The average molecular weight is 445 g/mol. The lowest BCUT2D eigenvalue weighted by molar-refractivity contribution is -0.134. The van der Waals surface area contributed by atoms with Crippen LogP contribution in [-0.4, -0.2) is 47.0 Å². The largest absolute Gasteiger partial charge is 0.341 e. The van der Waals surface area contributed by atoms with Crippen LogP contribution in [0, 0.1) is 0 Å². The van der Waals surface area contributed by atoms with Crippen molar-refractivity contribution in [1.82, 2.24) is 20.2 Å². The molecule has 0 aliphatic heterocycles. The summed E-state index contributed by atoms with van der Waals surface area (Å²) in [7, 11) is 3.83. The van der Waals surface area contributed by atoms with Gasteiger partial charge in [0, 0.05) is 43.8 Å². The molecule has 0 bridgehead atoms. The Labute approximate surface area is 198 Å². The molecule has 0 radical (unpaired) electrons. The van der Waals surface area contributed by atoms with E-state index in [1.807, 2.05) is 61.9 Å². The van der Waals surface area contributed by atoms with Crippen LogP contribution in [0.25, 0.3) is 0 Å². The number of pyridine rings is 2. The van der Waals surface area contributed by atoms with Crippen molar-refractivity contribution < 1.29 is 4.79 Å². The zero-order chi connectivity index (χ0) is 23.6. The maximum atomic E-state index is 13.7. The molecule has 0 saturated heterocycles. The predicted octanol–water partition coefficient (Wildman–Crippen LogP) is 4.82. The molecule has 1 amide bonds. The van der Waals surface area contributed by atoms with Gasteiger partial charge in [0.05, 0.1) is 6.04 Å². The first kappa shape index (κ1) is 24.6. The predicted molar refractivity (Wildman–Crippen MR) is 134 cm³/mol. The highest BCUT2D eigenvalue weighted by Crippen LogP contribution is 2.33. The molecular formula is C28H36N4O. The number of carbonyl (C=O) groups excluding carboxylic acids is 1. The van der Waals surface area contributed by atoms with E-state index in [9.17, 15) is 4.79 Å². The number of rotatable bonds is 11. The van der Waals surface area contributed by atoms with Gasteiger partial charge < -0.3 is 10.2 Å². The third kappa shape index (κ3) is 6.48. The Morgan fingerprint density at radius 1 is 0.970 bits per heavy atom. The van der Waals surface area contributed by atoms with E-state index in [2.05, 4.69) is 59.5 Å². The number of nitrogens with zero attached hydrogens (tertiary/aromatic N) is 3. The van der Waals surface area contributed by atoms with Crippen molar-refractivity contribution in [2.45, 2.75) is 57.0 Å². The second-order valence-corrected chi connectivity index (χ2v) is 8.77. The van der Waals surface area contributed by atoms with E-state index in [0.717, 1.165) is 18.4 Å². The molecule has 0 saturated carbocycles. The number of amides is 1. The van der Waals surface area contributed by atoms with Crippen LogP contribution in [0.4, 0.5) is 0 Å². The smallest absolute Gasteiger partial charge is 0.240 e. The van der Waals surface area contributed by atoms with Crippen molar-refractivity contribution in [3.8, 4) is 0 Å². The Hall–Kier alpha value is -3.05. The molecule has 2 heterocycles. The van der Waals surface area contributed by atoms with Gasteiger partial charge in [0.2, 0.25) is 5.91 Å². The van der Waals surface area contributed by atoms with Crippen LogP contribution in [0.15, 0.2) is 79.4 Å². The number of hydrogen-bond donors (Lipinski definition) is 1. The fourth-order valence-electron chi connectivity index (χ4n) is 4.68. The van der Waals surface area contributed by atoms with Crippen LogP contribution in [0.1, 0.15) is 55.2 Å². The summed E-state index contributed by atoms with van der Waals surface area (Å²) in [6.45, 7) is 4.43. The molecule has 5 heteroatoms. The molecule has 1 N–H and O–H groups in total. The van der Waals surface area contributed by atoms with Crippen LogP contribution in [0.3, 0.4) is 0 Å². The summed E-state index contributed by atoms with van der Waals surface area (Å²) in [5.74, 6) is 0.614. The first-order valence-electron chi connectivity index (χ1n) is 11.8. The molecule has 0 spiro atoms. The Morgan fingerprint density at radius 2 is 1.70 bits per heavy atom. The summed E-state index contributed by atoms with van der Waals surface area (Å²) in [6, 6.07) is 18.2. The van der Waals surface area contributed by atoms with Gasteiger partial charge in [0.15, 0.2) is 0 Å². The Balaban J connectivity index is 1.88. The Kier molecular flexibility index (Phi) is 9.14. The Bertz CT molecular complexity index is 965. The highest BCUT2D eigenvalue weighted by atomic mass is 16.2. The highest BCUT2D eigenvalue weighted by Gasteiger charge is 2.33. The molecule has 0 aliphatic carbocycles. The highest BCUT2D eigenvalue weighted by molar-refractivity contribution is 5.82. The first-order valence-corrected chi connectivity index (χ1v) is 11.8. The maximum Gasteiger partial charge on any atom is 0.240 e. The van der Waals surface area contributed by atoms with E-state index in [1.54, 1.807) is 6.20 Å². The molecule has 0 fully saturated rings. The van der Waals surface area contributed by atoms with Gasteiger partial charge in [0.25, 0.3) is 0 Å². The summed E-state index contributed by atoms with van der Waals surface area (Å²) in [4.78, 5) is 24.2. The standard InChI is InChI=1S/C28H36N4O/c1-5-25(24-12-9-15-31-20-24)27(18-21(2)23-13-16-30-17-14-23)32(4)28(33)26(29-3)19-22-10-7-6-8-11-22/h6-17,20-21,25-27,29H,5,18-19H2,1-4H3/t21-,25-,26-,27-/m0/s1. The third-order valence-corrected chi connectivity index (χ3v) is 6.66. The van der Waals surface area contributed by atoms with Gasteiger partial charge in [-0.25, -0.2) is 0 Å². The van der Waals surface area contributed by atoms with Crippen LogP contribution in [0.2, 0.25) is 0 Å². The van der Waals surface area contributed by atoms with Gasteiger partial charge in [-0.1, -0.05) is 50.2 Å². The lowest BCUT2D eigenvalue weighted by Crippen LogP contribution is -2.50. The fourth-order valence-corrected chi connectivity index (χ4v) is 4.68. The normalized spacial score (nSPS) is 14.8. The maximum absolute atomic E-state index is 13.7. The number of likely N-dealkylation sites (N-methyl/N-ethyl adjacent to an activating group) is 2. The lowest BCUT2D eigenvalue weighted by Gasteiger charge is -2.38. The zero-order valence-corrected chi connectivity index (χ0v) is 20.2. The minimum absolute atomic E-state index is 0.0430. The molecule has 2 aromatic heterocycles. The van der Waals surface area contributed by atoms with Crippen LogP contribution < -0.4 is 5.32 Å². The van der Waals surface area contributed by atoms with E-state index >= 15 is 0 Å². The van der Waals surface area contributed by atoms with Crippen molar-refractivity contribution in [3.05, 3.63) is 96.1 Å². The van der Waals surface area contributed by atoms with E-state index in [4.69, 9.17) is 0 Å². The summed E-state index contributed by atoms with van der Waals surface area (Å²) < 4.78 is 0. The number of hydrogen-bond acceptors (Lipinski definition) is 4. The molecule has 1 aromatic carbocycles. The molecule has 5 nitrogen and oxygen atoms in total. The summed E-state index contributed by atoms with van der Waals surface area (Å²) >= 11 is 0. The van der Waals surface area contributed by atoms with Gasteiger partial charge in [-0.05, 0) is 67.1 Å². The van der Waals surface area contributed by atoms with Gasteiger partial charge >= 0.3 is 0 Å². The van der Waals surface area contributed by atoms with E-state index in [0.29, 0.717) is 12.3 Å². The topological polar surface area (TPSA) is 58.1 Å². The third-order valence-electron chi connectivity index (χ3n) is 6.66. The van der Waals surface area contributed by atoms with Gasteiger partial charge in [0.1, 0.15) is 0 Å². The van der Waals surface area contributed by atoms with Crippen LogP contribution >= 0.6 is 0 Å². The van der Waals surface area contributed by atoms with E-state index < -0.39 is 0 Å². The monoisotopic (exact) mass is 444 g/mol. The quantitative estimate of drug-likeness (QED) is 0.461. The SMILES string of the molecule is CC[C@@H](c1cccnc1)[C@H](C[C@H](C)c1ccncc1)N(C)C(=O)[C@H](Cc1ccccc1)NC. The van der Waals surface area contributed by atoms with E-state index in [1.165, 1.54) is 11.1 Å². The molecule has 33 heavy (non-hydrogen) atoms. The molecule has 4 atom stereocenters. The lowest BCUT2D eigenvalue weighted by atomic mass is 9.82. The van der Waals surface area contributed by atoms with Crippen molar-refractivity contribution >= 4 is 5.91 Å². The van der Waals surface area contributed by atoms with Crippen LogP contribution in [-0.2, 0) is 11.2 Å². The van der Waals surface area contributed by atoms with Gasteiger partial charge in [-0.2, -0.15) is 0 Å². The molecular weight excluding hydrogens is 408 g/mol. The van der Waals surface area contributed by atoms with Gasteiger partial charge in [-0.15, -0.1) is 0 Å². The molecule has 3 aromatic rings. The molecule has 174 valence electrons. The van der Waals surface area contributed by atoms with Gasteiger partial charge in [-0.3, -0.25) is 14.8 Å². The number of aromatic nitrogens is 2. The van der Waals surface area contributed by atoms with Crippen LogP contribution in [0.5, 0.6) is 0 Å². The minimum atomic E-state index is -0.275. The van der Waals surface area contributed by atoms with E-state index in [-0.39, 0.29) is 23.9 Å². The second-order valence-electron chi connectivity index (χ2n) is 8.77. The van der Waals surface area contributed by atoms with Crippen molar-refractivity contribution in [3.63, 3.8) is 0 Å². The summed E-state index contributed by atoms with van der Waals surface area (Å²) in [6.07, 6.45) is 9.88. The first-order chi connectivity index (χ1) is 16.0. The molecule has 0 aliphatic rings. The fraction of sp³-hybridized carbons (Fsp3) is 0.393. The van der Waals surface area contributed by atoms with Crippen molar-refractivity contribution in [1.29, 1.82) is 0 Å². The minimum Gasteiger partial charge on any atom is -0.341 e. The average Bonchev–Trinajstić information content (AvgIpc) is 2.88. The molecule has 3 rings (SSSR count). The number of benzene rings is 1. The second kappa shape index (κ2) is 12.3. The number of nitrogens with one attached hydrogen (secondary N) is 1. The summed E-state index contributed by atoms with van der Waals surface area (Å²) in [5.41, 5.74) is 3.57. The summed E-state index contributed by atoms with van der Waals surface area (Å²) in [5, 5.41) is 3.26. The number of carbonyl (C=O) groups is 1. The molecule has 0 unspecified atom stereocenters. The van der Waals surface area contributed by atoms with Crippen molar-refractivity contribution in [2.24, 2.45) is 0 Å². The zero-order valence-electron chi connectivity index (χ0n) is 20.2. The van der Waals surface area contributed by atoms with Crippen molar-refractivity contribution in [2.75, 3.05) is 14.1 Å². The Morgan fingerprint density at radius 3 is 2.30 bits per heavy atom.